The molecule has 1 heterocycles. The Hall–Kier alpha value is -4.56. The highest BCUT2D eigenvalue weighted by atomic mass is 16.6. The average molecular weight is 524 g/mol. The number of nitrogens with one attached hydrogen (secondary N) is 2. The smallest absolute Gasteiger partial charge is 0.410 e. The number of piperazine rings is 1. The molecule has 0 spiro atoms. The summed E-state index contributed by atoms with van der Waals surface area (Å²) in [5.74, 6) is -4.32. The zero-order chi connectivity index (χ0) is 27.4. The molecule has 15 nitrogen and oxygen atoms in total. The lowest BCUT2D eigenvalue weighted by atomic mass is 10.1. The summed E-state index contributed by atoms with van der Waals surface area (Å²) in [4.78, 5) is 72.5. The first-order chi connectivity index (χ1) is 17.6. The first kappa shape index (κ1) is 28.7. The van der Waals surface area contributed by atoms with Crippen molar-refractivity contribution >= 4 is 36.1 Å². The summed E-state index contributed by atoms with van der Waals surface area (Å²) < 4.78 is 10.2. The van der Waals surface area contributed by atoms with Crippen LogP contribution in [-0.2, 0) is 30.5 Å². The minimum absolute atomic E-state index is 0.103. The van der Waals surface area contributed by atoms with E-state index in [2.05, 4.69) is 0 Å². The van der Waals surface area contributed by atoms with E-state index < -0.39 is 67.7 Å². The van der Waals surface area contributed by atoms with Crippen LogP contribution in [0, 0.1) is 0 Å². The number of hydrogen-bond acceptors (Lipinski definition) is 8. The molecular weight excluding hydrogens is 496 g/mol. The van der Waals surface area contributed by atoms with Crippen LogP contribution in [0.25, 0.3) is 0 Å². The van der Waals surface area contributed by atoms with Crippen LogP contribution in [0.15, 0.2) is 30.3 Å². The summed E-state index contributed by atoms with van der Waals surface area (Å²) in [6, 6.07) is 4.65. The highest BCUT2D eigenvalue weighted by molar-refractivity contribution is 5.86. The number of carboxylic acids is 3. The van der Waals surface area contributed by atoms with E-state index in [4.69, 9.17) is 19.7 Å². The van der Waals surface area contributed by atoms with Crippen LogP contribution in [0.3, 0.4) is 0 Å². The summed E-state index contributed by atoms with van der Waals surface area (Å²) in [5.41, 5.74) is 0.826. The zero-order valence-corrected chi connectivity index (χ0v) is 19.7. The van der Waals surface area contributed by atoms with Gasteiger partial charge in [-0.05, 0) is 12.0 Å². The lowest BCUT2D eigenvalue weighted by Crippen LogP contribution is -2.54. The summed E-state index contributed by atoms with van der Waals surface area (Å²) >= 11 is 0. The van der Waals surface area contributed by atoms with Gasteiger partial charge in [0.1, 0.15) is 19.3 Å². The largest absolute Gasteiger partial charge is 0.481 e. The van der Waals surface area contributed by atoms with E-state index in [0.29, 0.717) is 0 Å². The maximum atomic E-state index is 12.3. The second kappa shape index (κ2) is 14.1. The van der Waals surface area contributed by atoms with Crippen molar-refractivity contribution in [1.82, 2.24) is 20.4 Å². The van der Waals surface area contributed by atoms with Crippen LogP contribution in [0.5, 0.6) is 0 Å². The van der Waals surface area contributed by atoms with Crippen molar-refractivity contribution < 1.29 is 53.6 Å². The normalized spacial score (nSPS) is 14.6. The number of rotatable bonds is 11. The summed E-state index contributed by atoms with van der Waals surface area (Å²) in [6.07, 6.45) is -2.36. The standard InChI is InChI=1S/C22H28N4O11/c27-17(28)7-6-15(18(29)30)23-20(33)24-16(19(31)32)13-37-22(35)26-10-8-25(9-11-26)21(34)36-12-14-4-2-1-3-5-14/h1-5,15-16H,6-13H2,(H,27,28)(H,29,30)(H,31,32)(H2,23,24,33)/t15?,16-/m0/s1. The maximum Gasteiger partial charge on any atom is 0.410 e. The van der Waals surface area contributed by atoms with Crippen LogP contribution < -0.4 is 10.6 Å². The summed E-state index contributed by atoms with van der Waals surface area (Å²) in [7, 11) is 0. The Morgan fingerprint density at radius 1 is 0.784 bits per heavy atom. The SMILES string of the molecule is O=C(O)CCC(NC(=O)N[C@@H](COC(=O)N1CCN(C(=O)OCc2ccccc2)CC1)C(=O)O)C(=O)O. The van der Waals surface area contributed by atoms with Gasteiger partial charge < -0.3 is 45.2 Å². The van der Waals surface area contributed by atoms with E-state index in [9.17, 15) is 33.9 Å². The van der Waals surface area contributed by atoms with Crippen LogP contribution in [0.1, 0.15) is 18.4 Å². The molecule has 0 radical (unpaired) electrons. The molecule has 1 fully saturated rings. The van der Waals surface area contributed by atoms with Gasteiger partial charge in [0.05, 0.1) is 0 Å². The van der Waals surface area contributed by atoms with E-state index >= 15 is 0 Å². The fraction of sp³-hybridized carbons (Fsp3) is 0.455. The second-order valence-electron chi connectivity index (χ2n) is 7.92. The number of carbonyl (C=O) groups is 6. The molecule has 15 heteroatoms. The van der Waals surface area contributed by atoms with Gasteiger partial charge in [0.15, 0.2) is 6.04 Å². The van der Waals surface area contributed by atoms with Crippen LogP contribution in [0.4, 0.5) is 14.4 Å². The third-order valence-corrected chi connectivity index (χ3v) is 5.23. The van der Waals surface area contributed by atoms with E-state index in [0.717, 1.165) is 5.56 Å². The second-order valence-corrected chi connectivity index (χ2v) is 7.92. The maximum absolute atomic E-state index is 12.3. The van der Waals surface area contributed by atoms with E-state index in [-0.39, 0.29) is 32.8 Å². The van der Waals surface area contributed by atoms with Gasteiger partial charge in [-0.3, -0.25) is 4.79 Å². The molecule has 4 amide bonds. The predicted octanol–water partition coefficient (Wildman–Crippen LogP) is 0.148. The summed E-state index contributed by atoms with van der Waals surface area (Å²) in [6.45, 7) is -0.111. The molecule has 2 atom stereocenters. The Morgan fingerprint density at radius 3 is 1.81 bits per heavy atom. The topological polar surface area (TPSA) is 212 Å². The number of carbonyl (C=O) groups excluding carboxylic acids is 3. The monoisotopic (exact) mass is 524 g/mol. The molecule has 1 unspecified atom stereocenters. The molecule has 1 aliphatic heterocycles. The van der Waals surface area contributed by atoms with Gasteiger partial charge >= 0.3 is 36.1 Å². The van der Waals surface area contributed by atoms with Gasteiger partial charge in [0.2, 0.25) is 0 Å². The van der Waals surface area contributed by atoms with Crippen molar-refractivity contribution in [2.45, 2.75) is 31.5 Å². The molecular formula is C22H28N4O11. The molecule has 202 valence electrons. The first-order valence-electron chi connectivity index (χ1n) is 11.2. The van der Waals surface area contributed by atoms with Crippen molar-refractivity contribution in [1.29, 1.82) is 0 Å². The number of nitrogens with zero attached hydrogens (tertiary/aromatic N) is 2. The number of ether oxygens (including phenoxy) is 2. The predicted molar refractivity (Wildman–Crippen MR) is 123 cm³/mol. The number of carboxylic acid groups (broad SMARTS) is 3. The average Bonchev–Trinajstić information content (AvgIpc) is 2.87. The molecule has 37 heavy (non-hydrogen) atoms. The Morgan fingerprint density at radius 2 is 1.30 bits per heavy atom. The molecule has 1 saturated heterocycles. The number of urea groups is 1. The minimum atomic E-state index is -1.70. The molecule has 5 N–H and O–H groups in total. The van der Waals surface area contributed by atoms with E-state index in [1.165, 1.54) is 9.80 Å². The Balaban J connectivity index is 1.76. The van der Waals surface area contributed by atoms with Crippen molar-refractivity contribution in [3.05, 3.63) is 35.9 Å². The van der Waals surface area contributed by atoms with Crippen molar-refractivity contribution in [2.75, 3.05) is 32.8 Å². The molecule has 1 aliphatic rings. The minimum Gasteiger partial charge on any atom is -0.481 e. The van der Waals surface area contributed by atoms with Gasteiger partial charge in [-0.25, -0.2) is 24.0 Å². The molecule has 0 saturated carbocycles. The van der Waals surface area contributed by atoms with Crippen molar-refractivity contribution in [3.63, 3.8) is 0 Å². The highest BCUT2D eigenvalue weighted by Crippen LogP contribution is 2.08. The summed E-state index contributed by atoms with van der Waals surface area (Å²) in [5, 5.41) is 31.0. The van der Waals surface area contributed by atoms with E-state index in [1.807, 2.05) is 41.0 Å². The number of benzene rings is 1. The Bertz CT molecular complexity index is 980. The van der Waals surface area contributed by atoms with Gasteiger partial charge in [-0.15, -0.1) is 0 Å². The molecule has 0 bridgehead atoms. The third kappa shape index (κ3) is 9.91. The number of hydrogen-bond donors (Lipinski definition) is 5. The van der Waals surface area contributed by atoms with Crippen LogP contribution >= 0.6 is 0 Å². The van der Waals surface area contributed by atoms with Crippen molar-refractivity contribution in [3.8, 4) is 0 Å². The quantitative estimate of drug-likeness (QED) is 0.263. The molecule has 2 rings (SSSR count). The fourth-order valence-electron chi connectivity index (χ4n) is 3.19. The van der Waals surface area contributed by atoms with Gasteiger partial charge in [-0.1, -0.05) is 30.3 Å². The van der Waals surface area contributed by atoms with Crippen molar-refractivity contribution in [2.24, 2.45) is 0 Å². The number of aliphatic carboxylic acids is 3. The lowest BCUT2D eigenvalue weighted by molar-refractivity contribution is -0.141. The molecule has 0 aromatic heterocycles. The highest BCUT2D eigenvalue weighted by Gasteiger charge is 2.29. The Labute approximate surface area is 210 Å². The van der Waals surface area contributed by atoms with Crippen LogP contribution in [-0.4, -0.2) is 106 Å². The molecule has 1 aromatic rings. The van der Waals surface area contributed by atoms with Crippen LogP contribution in [0.2, 0.25) is 0 Å². The lowest BCUT2D eigenvalue weighted by Gasteiger charge is -2.33. The Kier molecular flexibility index (Phi) is 10.9. The van der Waals surface area contributed by atoms with E-state index in [1.54, 1.807) is 0 Å². The zero-order valence-electron chi connectivity index (χ0n) is 19.7. The fourth-order valence-corrected chi connectivity index (χ4v) is 3.19. The van der Waals surface area contributed by atoms with Gasteiger partial charge in [0.25, 0.3) is 0 Å². The third-order valence-electron chi connectivity index (χ3n) is 5.23. The molecule has 1 aromatic carbocycles. The molecule has 0 aliphatic carbocycles. The van der Waals surface area contributed by atoms with Gasteiger partial charge in [-0.2, -0.15) is 0 Å². The first-order valence-corrected chi connectivity index (χ1v) is 11.2. The number of amides is 4. The van der Waals surface area contributed by atoms with Gasteiger partial charge in [0, 0.05) is 32.6 Å².